The first-order valence-electron chi connectivity index (χ1n) is 10.2. The second-order valence-corrected chi connectivity index (χ2v) is 7.83. The topological polar surface area (TPSA) is 88.2 Å². The summed E-state index contributed by atoms with van der Waals surface area (Å²) in [7, 11) is 0. The van der Waals surface area contributed by atoms with Crippen LogP contribution in [0.25, 0.3) is 11.6 Å². The number of nitrogens with one attached hydrogen (secondary N) is 2. The van der Waals surface area contributed by atoms with Crippen LogP contribution in [0.3, 0.4) is 0 Å². The number of aliphatic imine (C=N–C) groups is 1. The molecule has 4 rings (SSSR count). The van der Waals surface area contributed by atoms with Crippen molar-refractivity contribution in [1.82, 2.24) is 25.8 Å². The van der Waals surface area contributed by atoms with Crippen molar-refractivity contribution >= 4 is 17.6 Å². The fourth-order valence-corrected chi connectivity index (χ4v) is 3.51. The molecule has 1 aromatic carbocycles. The molecule has 0 atom stereocenters. The highest BCUT2D eigenvalue weighted by Crippen LogP contribution is 2.48. The molecule has 0 bridgehead atoms. The van der Waals surface area contributed by atoms with Gasteiger partial charge in [0, 0.05) is 36.1 Å². The van der Waals surface area contributed by atoms with Crippen molar-refractivity contribution < 1.29 is 4.52 Å². The summed E-state index contributed by atoms with van der Waals surface area (Å²) in [6.45, 7) is 4.23. The van der Waals surface area contributed by atoms with Crippen molar-refractivity contribution in [2.75, 3.05) is 19.6 Å². The van der Waals surface area contributed by atoms with Crippen LogP contribution >= 0.6 is 11.6 Å². The third kappa shape index (κ3) is 4.97. The number of guanidine groups is 1. The van der Waals surface area contributed by atoms with Gasteiger partial charge in [0.25, 0.3) is 5.89 Å². The minimum atomic E-state index is 0.110. The number of halogens is 1. The van der Waals surface area contributed by atoms with E-state index in [1.54, 1.807) is 6.20 Å². The van der Waals surface area contributed by atoms with E-state index in [1.165, 1.54) is 5.56 Å². The molecule has 1 fully saturated rings. The van der Waals surface area contributed by atoms with Gasteiger partial charge in [-0.1, -0.05) is 35.0 Å². The number of hydrogen-bond acceptors (Lipinski definition) is 5. The largest absolute Gasteiger partial charge is 0.357 e. The van der Waals surface area contributed by atoms with E-state index in [2.05, 4.69) is 44.8 Å². The van der Waals surface area contributed by atoms with E-state index < -0.39 is 0 Å². The Balaban J connectivity index is 1.33. The van der Waals surface area contributed by atoms with Gasteiger partial charge in [-0.2, -0.15) is 4.98 Å². The Morgan fingerprint density at radius 2 is 2.10 bits per heavy atom. The van der Waals surface area contributed by atoms with Gasteiger partial charge in [0.05, 0.1) is 6.54 Å². The summed E-state index contributed by atoms with van der Waals surface area (Å²) in [5.74, 6) is 1.86. The second kappa shape index (κ2) is 9.26. The molecule has 0 spiro atoms. The summed E-state index contributed by atoms with van der Waals surface area (Å²) in [4.78, 5) is 13.5. The van der Waals surface area contributed by atoms with E-state index >= 15 is 0 Å². The maximum absolute atomic E-state index is 6.17. The first kappa shape index (κ1) is 20.3. The van der Waals surface area contributed by atoms with Crippen LogP contribution in [0.2, 0.25) is 5.02 Å². The molecule has 0 radical (unpaired) electrons. The van der Waals surface area contributed by atoms with Crippen LogP contribution in [0.5, 0.6) is 0 Å². The number of benzene rings is 1. The van der Waals surface area contributed by atoms with Crippen LogP contribution in [0.4, 0.5) is 0 Å². The van der Waals surface area contributed by atoms with Gasteiger partial charge in [0.2, 0.25) is 0 Å². The molecule has 1 aliphatic rings. The van der Waals surface area contributed by atoms with Crippen LogP contribution in [-0.2, 0) is 11.8 Å². The summed E-state index contributed by atoms with van der Waals surface area (Å²) in [5.41, 5.74) is 2.05. The first-order valence-corrected chi connectivity index (χ1v) is 10.6. The molecule has 1 saturated carbocycles. The Morgan fingerprint density at radius 1 is 1.20 bits per heavy atom. The van der Waals surface area contributed by atoms with Crippen molar-refractivity contribution in [2.45, 2.75) is 31.6 Å². The highest BCUT2D eigenvalue weighted by molar-refractivity contribution is 6.30. The molecule has 2 heterocycles. The molecule has 156 valence electrons. The second-order valence-electron chi connectivity index (χ2n) is 7.39. The third-order valence-corrected chi connectivity index (χ3v) is 5.40. The normalized spacial score (nSPS) is 15.1. The van der Waals surface area contributed by atoms with Gasteiger partial charge in [0.15, 0.2) is 11.8 Å². The van der Waals surface area contributed by atoms with E-state index in [0.717, 1.165) is 36.9 Å². The summed E-state index contributed by atoms with van der Waals surface area (Å²) < 4.78 is 5.31. The van der Waals surface area contributed by atoms with E-state index in [1.807, 2.05) is 30.3 Å². The van der Waals surface area contributed by atoms with E-state index in [4.69, 9.17) is 21.1 Å². The molecule has 30 heavy (non-hydrogen) atoms. The van der Waals surface area contributed by atoms with Crippen LogP contribution in [0.15, 0.2) is 58.2 Å². The minimum absolute atomic E-state index is 0.110. The highest BCUT2D eigenvalue weighted by Gasteiger charge is 2.44. The van der Waals surface area contributed by atoms with Gasteiger partial charge in [-0.05, 0) is 49.6 Å². The predicted octanol–water partition coefficient (Wildman–Crippen LogP) is 3.61. The van der Waals surface area contributed by atoms with Gasteiger partial charge in [-0.15, -0.1) is 0 Å². The highest BCUT2D eigenvalue weighted by atomic mass is 35.5. The van der Waals surface area contributed by atoms with E-state index in [9.17, 15) is 0 Å². The first-order chi connectivity index (χ1) is 14.7. The maximum atomic E-state index is 6.17. The van der Waals surface area contributed by atoms with Crippen LogP contribution in [0.1, 0.15) is 31.2 Å². The van der Waals surface area contributed by atoms with Crippen molar-refractivity contribution in [1.29, 1.82) is 0 Å². The van der Waals surface area contributed by atoms with E-state index in [-0.39, 0.29) is 5.41 Å². The number of pyridine rings is 1. The zero-order chi connectivity index (χ0) is 20.8. The lowest BCUT2D eigenvalue weighted by Gasteiger charge is -2.16. The number of hydrogen-bond donors (Lipinski definition) is 2. The lowest BCUT2D eigenvalue weighted by atomic mass is 9.96. The molecule has 0 aliphatic heterocycles. The van der Waals surface area contributed by atoms with Gasteiger partial charge in [0.1, 0.15) is 5.69 Å². The Bertz CT molecular complexity index is 1000. The summed E-state index contributed by atoms with van der Waals surface area (Å²) in [6.07, 6.45) is 4.60. The maximum Gasteiger partial charge on any atom is 0.276 e. The average molecular weight is 425 g/mol. The summed E-state index contributed by atoms with van der Waals surface area (Å²) >= 11 is 6.17. The van der Waals surface area contributed by atoms with Crippen molar-refractivity contribution in [3.8, 4) is 11.6 Å². The third-order valence-electron chi connectivity index (χ3n) is 5.17. The molecule has 3 aromatic rings. The molecule has 0 unspecified atom stereocenters. The Hall–Kier alpha value is -2.93. The summed E-state index contributed by atoms with van der Waals surface area (Å²) in [6, 6.07) is 13.7. The Labute approximate surface area is 181 Å². The summed E-state index contributed by atoms with van der Waals surface area (Å²) in [5, 5.41) is 11.5. The zero-order valence-electron chi connectivity index (χ0n) is 16.9. The monoisotopic (exact) mass is 424 g/mol. The van der Waals surface area contributed by atoms with Crippen LogP contribution in [0, 0.1) is 0 Å². The van der Waals surface area contributed by atoms with Crippen molar-refractivity contribution in [3.63, 3.8) is 0 Å². The molecule has 1 aliphatic carbocycles. The Kier molecular flexibility index (Phi) is 6.28. The SMILES string of the molecule is CCNC(=NCC1(c2cccc(Cl)c2)CC1)NCCc1noc(-c2ccccn2)n1. The fraction of sp³-hybridized carbons (Fsp3) is 0.364. The fourth-order valence-electron chi connectivity index (χ4n) is 3.32. The van der Waals surface area contributed by atoms with Crippen molar-refractivity contribution in [3.05, 3.63) is 65.1 Å². The molecule has 0 amide bonds. The number of rotatable bonds is 8. The zero-order valence-corrected chi connectivity index (χ0v) is 17.7. The number of nitrogens with zero attached hydrogens (tertiary/aromatic N) is 4. The molecular weight excluding hydrogens is 400 g/mol. The quantitative estimate of drug-likeness (QED) is 0.424. The standard InChI is InChI=1S/C22H25ClN6O/c1-2-24-21(27-15-22(10-11-22)16-6-5-7-17(23)14-16)26-13-9-19-28-20(30-29-19)18-8-3-4-12-25-18/h3-8,12,14H,2,9-11,13,15H2,1H3,(H2,24,26,27). The van der Waals surface area contributed by atoms with Gasteiger partial charge in [-0.3, -0.25) is 9.98 Å². The molecule has 2 N–H and O–H groups in total. The molecular formula is C22H25ClN6O. The molecule has 8 heteroatoms. The van der Waals surface area contributed by atoms with Gasteiger partial charge in [-0.25, -0.2) is 0 Å². The molecule has 0 saturated heterocycles. The Morgan fingerprint density at radius 3 is 2.83 bits per heavy atom. The predicted molar refractivity (Wildman–Crippen MR) is 118 cm³/mol. The lowest BCUT2D eigenvalue weighted by molar-refractivity contribution is 0.421. The molecule has 2 aromatic heterocycles. The number of aromatic nitrogens is 3. The van der Waals surface area contributed by atoms with E-state index in [0.29, 0.717) is 30.4 Å². The van der Waals surface area contributed by atoms with Crippen LogP contribution in [-0.4, -0.2) is 40.7 Å². The van der Waals surface area contributed by atoms with Gasteiger partial charge >= 0.3 is 0 Å². The minimum Gasteiger partial charge on any atom is -0.357 e. The molecule has 7 nitrogen and oxygen atoms in total. The average Bonchev–Trinajstić information content (AvgIpc) is 3.42. The van der Waals surface area contributed by atoms with Gasteiger partial charge < -0.3 is 15.2 Å². The lowest BCUT2D eigenvalue weighted by Crippen LogP contribution is -2.39. The smallest absolute Gasteiger partial charge is 0.276 e. The van der Waals surface area contributed by atoms with Crippen molar-refractivity contribution in [2.24, 2.45) is 4.99 Å². The van der Waals surface area contributed by atoms with Crippen LogP contribution < -0.4 is 10.6 Å².